The molecule has 0 bridgehead atoms. The van der Waals surface area contributed by atoms with Crippen LogP contribution >= 0.6 is 0 Å². The fourth-order valence-electron chi connectivity index (χ4n) is 2.87. The molecule has 3 aromatic heterocycles. The summed E-state index contributed by atoms with van der Waals surface area (Å²) in [6, 6.07) is 0. The van der Waals surface area contributed by atoms with E-state index in [0.717, 1.165) is 17.3 Å². The topological polar surface area (TPSA) is 97.3 Å². The summed E-state index contributed by atoms with van der Waals surface area (Å²) in [4.78, 5) is 24.6. The van der Waals surface area contributed by atoms with Gasteiger partial charge in [0, 0.05) is 38.6 Å². The first-order valence-electron chi connectivity index (χ1n) is 7.74. The number of aryl methyl sites for hydroxylation is 1. The van der Waals surface area contributed by atoms with Crippen molar-refractivity contribution in [2.24, 2.45) is 0 Å². The van der Waals surface area contributed by atoms with E-state index in [9.17, 15) is 4.79 Å². The molecule has 1 saturated heterocycles. The molecule has 1 aliphatic rings. The Morgan fingerprint density at radius 1 is 1.21 bits per heavy atom. The third kappa shape index (κ3) is 2.55. The Labute approximate surface area is 137 Å². The number of hydrogen-bond acceptors (Lipinski definition) is 7. The second-order valence-corrected chi connectivity index (χ2v) is 5.65. The molecule has 124 valence electrons. The van der Waals surface area contributed by atoms with Gasteiger partial charge in [-0.15, -0.1) is 10.2 Å². The van der Waals surface area contributed by atoms with Crippen LogP contribution in [0.2, 0.25) is 0 Å². The lowest BCUT2D eigenvalue weighted by Crippen LogP contribution is -2.50. The molecule has 0 aromatic carbocycles. The molecule has 0 unspecified atom stereocenters. The molecule has 24 heavy (non-hydrogen) atoms. The van der Waals surface area contributed by atoms with Gasteiger partial charge in [0.25, 0.3) is 0 Å². The van der Waals surface area contributed by atoms with Crippen LogP contribution < -0.4 is 4.90 Å². The summed E-state index contributed by atoms with van der Waals surface area (Å²) in [5.41, 5.74) is 0.748. The van der Waals surface area contributed by atoms with Gasteiger partial charge >= 0.3 is 0 Å². The fraction of sp³-hybridized carbons (Fsp3) is 0.429. The summed E-state index contributed by atoms with van der Waals surface area (Å²) in [5, 5.41) is 12.3. The lowest BCUT2D eigenvalue weighted by molar-refractivity contribution is -0.132. The highest BCUT2D eigenvalue weighted by Crippen LogP contribution is 2.19. The average molecular weight is 327 g/mol. The van der Waals surface area contributed by atoms with Crippen molar-refractivity contribution in [1.82, 2.24) is 39.2 Å². The molecule has 0 spiro atoms. The zero-order valence-electron chi connectivity index (χ0n) is 13.3. The number of aromatic nitrogens is 7. The van der Waals surface area contributed by atoms with Gasteiger partial charge in [0.1, 0.15) is 25.0 Å². The van der Waals surface area contributed by atoms with Crippen molar-refractivity contribution in [3.05, 3.63) is 30.9 Å². The van der Waals surface area contributed by atoms with Gasteiger partial charge in [-0.25, -0.2) is 14.6 Å². The van der Waals surface area contributed by atoms with Crippen molar-refractivity contribution in [3.8, 4) is 0 Å². The molecule has 4 rings (SSSR count). The monoisotopic (exact) mass is 327 g/mol. The summed E-state index contributed by atoms with van der Waals surface area (Å²) < 4.78 is 3.46. The van der Waals surface area contributed by atoms with Crippen LogP contribution in [0.4, 0.5) is 5.82 Å². The smallest absolute Gasteiger partial charge is 0.244 e. The average Bonchev–Trinajstić information content (AvgIpc) is 3.25. The number of fused-ring (bicyclic) bond motifs is 1. The van der Waals surface area contributed by atoms with Gasteiger partial charge in [0.2, 0.25) is 11.6 Å². The summed E-state index contributed by atoms with van der Waals surface area (Å²) in [7, 11) is 0. The molecule has 0 N–H and O–H groups in total. The summed E-state index contributed by atoms with van der Waals surface area (Å²) in [6.07, 6.45) is 6.58. The minimum Gasteiger partial charge on any atom is -0.350 e. The van der Waals surface area contributed by atoms with Gasteiger partial charge in [-0.05, 0) is 6.92 Å². The van der Waals surface area contributed by atoms with E-state index < -0.39 is 0 Å². The van der Waals surface area contributed by atoms with Crippen LogP contribution in [0.1, 0.15) is 5.82 Å². The van der Waals surface area contributed by atoms with Gasteiger partial charge in [-0.2, -0.15) is 5.10 Å². The van der Waals surface area contributed by atoms with E-state index in [4.69, 9.17) is 0 Å². The number of anilines is 1. The lowest BCUT2D eigenvalue weighted by Gasteiger charge is -2.35. The zero-order valence-corrected chi connectivity index (χ0v) is 13.3. The summed E-state index contributed by atoms with van der Waals surface area (Å²) >= 11 is 0. The third-order valence-corrected chi connectivity index (χ3v) is 4.17. The number of nitrogens with zero attached hydrogens (tertiary/aromatic N) is 9. The van der Waals surface area contributed by atoms with E-state index in [2.05, 4.69) is 30.2 Å². The van der Waals surface area contributed by atoms with Crippen LogP contribution in [0.3, 0.4) is 0 Å². The molecule has 0 saturated carbocycles. The maximum atomic E-state index is 12.3. The van der Waals surface area contributed by atoms with Crippen molar-refractivity contribution in [2.75, 3.05) is 31.1 Å². The highest BCUT2D eigenvalue weighted by Gasteiger charge is 2.24. The van der Waals surface area contributed by atoms with Gasteiger partial charge < -0.3 is 9.80 Å². The Balaban J connectivity index is 1.45. The molecule has 0 radical (unpaired) electrons. The lowest BCUT2D eigenvalue weighted by atomic mass is 10.3. The van der Waals surface area contributed by atoms with Crippen molar-refractivity contribution >= 4 is 17.4 Å². The Kier molecular flexibility index (Phi) is 3.56. The molecular weight excluding hydrogens is 310 g/mol. The normalized spacial score (nSPS) is 15.2. The Morgan fingerprint density at radius 3 is 2.79 bits per heavy atom. The van der Waals surface area contributed by atoms with Crippen molar-refractivity contribution in [1.29, 1.82) is 0 Å². The molecule has 10 heteroatoms. The highest BCUT2D eigenvalue weighted by atomic mass is 16.2. The molecular formula is C14H17N9O. The van der Waals surface area contributed by atoms with Gasteiger partial charge in [-0.1, -0.05) is 0 Å². The molecule has 1 fully saturated rings. The van der Waals surface area contributed by atoms with Gasteiger partial charge in [-0.3, -0.25) is 9.20 Å². The number of carbonyl (C=O) groups excluding carboxylic acids is 1. The Bertz CT molecular complexity index is 848. The maximum absolute atomic E-state index is 12.3. The van der Waals surface area contributed by atoms with Crippen LogP contribution in [0.25, 0.3) is 5.65 Å². The number of hydrogen-bond donors (Lipinski definition) is 0. The first-order chi connectivity index (χ1) is 11.7. The summed E-state index contributed by atoms with van der Waals surface area (Å²) in [5.74, 6) is 1.68. The van der Waals surface area contributed by atoms with Crippen LogP contribution in [-0.2, 0) is 11.3 Å². The molecule has 4 heterocycles. The van der Waals surface area contributed by atoms with E-state index in [1.165, 1.54) is 11.0 Å². The number of rotatable bonds is 3. The van der Waals surface area contributed by atoms with Crippen LogP contribution in [0.15, 0.2) is 25.0 Å². The van der Waals surface area contributed by atoms with Crippen LogP contribution in [-0.4, -0.2) is 71.3 Å². The van der Waals surface area contributed by atoms with Crippen molar-refractivity contribution in [2.45, 2.75) is 13.5 Å². The largest absolute Gasteiger partial charge is 0.350 e. The van der Waals surface area contributed by atoms with Gasteiger partial charge in [0.15, 0.2) is 5.82 Å². The Morgan fingerprint density at radius 2 is 2.04 bits per heavy atom. The second-order valence-electron chi connectivity index (χ2n) is 5.65. The molecule has 1 amide bonds. The highest BCUT2D eigenvalue weighted by molar-refractivity contribution is 5.76. The molecule has 3 aromatic rings. The molecule has 0 atom stereocenters. The molecule has 10 nitrogen and oxygen atoms in total. The predicted octanol–water partition coefficient (Wildman–Crippen LogP) is -0.627. The predicted molar refractivity (Wildman–Crippen MR) is 84.3 cm³/mol. The fourth-order valence-corrected chi connectivity index (χ4v) is 2.87. The van der Waals surface area contributed by atoms with E-state index in [1.54, 1.807) is 12.5 Å². The van der Waals surface area contributed by atoms with E-state index in [1.807, 2.05) is 22.4 Å². The van der Waals surface area contributed by atoms with E-state index in [0.29, 0.717) is 26.2 Å². The minimum atomic E-state index is 0.0460. The molecule has 1 aliphatic heterocycles. The second kappa shape index (κ2) is 5.87. The number of piperazine rings is 1. The van der Waals surface area contributed by atoms with E-state index >= 15 is 0 Å². The van der Waals surface area contributed by atoms with Crippen LogP contribution in [0.5, 0.6) is 0 Å². The zero-order chi connectivity index (χ0) is 16.5. The first-order valence-corrected chi connectivity index (χ1v) is 7.74. The SMILES string of the molecule is Cc1nnc2c(N3CCN(C(=O)Cn4cncn4)CC3)nccn12. The summed E-state index contributed by atoms with van der Waals surface area (Å²) in [6.45, 7) is 4.83. The maximum Gasteiger partial charge on any atom is 0.244 e. The van der Waals surface area contributed by atoms with E-state index in [-0.39, 0.29) is 12.5 Å². The first kappa shape index (κ1) is 14.5. The molecule has 0 aliphatic carbocycles. The van der Waals surface area contributed by atoms with Crippen LogP contribution in [0, 0.1) is 6.92 Å². The Hall–Kier alpha value is -3.04. The number of amides is 1. The van der Waals surface area contributed by atoms with Gasteiger partial charge in [0.05, 0.1) is 0 Å². The minimum absolute atomic E-state index is 0.0460. The number of carbonyl (C=O) groups is 1. The quantitative estimate of drug-likeness (QED) is 0.632. The standard InChI is InChI=1S/C14H17N9O/c1-11-18-19-14-13(16-2-3-23(11)14)21-6-4-20(5-7-21)12(24)8-22-10-15-9-17-22/h2-3,9-10H,4-8H2,1H3. The van der Waals surface area contributed by atoms with Crippen molar-refractivity contribution in [3.63, 3.8) is 0 Å². The third-order valence-electron chi connectivity index (χ3n) is 4.17. The van der Waals surface area contributed by atoms with Crippen molar-refractivity contribution < 1.29 is 4.79 Å².